The van der Waals surface area contributed by atoms with Crippen molar-refractivity contribution >= 4 is 57.3 Å². The standard InChI is InChI=1S/C28H22Cl2N6OS2/c1-2-13-36-25(19-9-11-31-12-10-19)34-35-28(36)38-17-18-3-5-20(6-4-18)26(37)33-27-32-16-23(39-27)15-21-14-22(29)7-8-24(21)30/h2-12,14,16H,1,13,15,17H2,(H,32,33,37). The Labute approximate surface area is 244 Å². The summed E-state index contributed by atoms with van der Waals surface area (Å²) in [7, 11) is 0. The first-order chi connectivity index (χ1) is 19.0. The number of thiazole rings is 1. The lowest BCUT2D eigenvalue weighted by molar-refractivity contribution is 0.102. The SMILES string of the molecule is C=CCn1c(SCc2ccc(C(=O)Nc3ncc(Cc4cc(Cl)ccc4Cl)s3)cc2)nnc1-c1ccncc1. The summed E-state index contributed by atoms with van der Waals surface area (Å²) >= 11 is 15.3. The molecule has 5 rings (SSSR count). The third-order valence-electron chi connectivity index (χ3n) is 5.70. The van der Waals surface area contributed by atoms with E-state index >= 15 is 0 Å². The quantitative estimate of drug-likeness (QED) is 0.134. The fourth-order valence-electron chi connectivity index (χ4n) is 3.79. The zero-order valence-electron chi connectivity index (χ0n) is 20.6. The van der Waals surface area contributed by atoms with E-state index < -0.39 is 0 Å². The minimum absolute atomic E-state index is 0.219. The van der Waals surface area contributed by atoms with Crippen LogP contribution in [0.3, 0.4) is 0 Å². The molecule has 39 heavy (non-hydrogen) atoms. The third kappa shape index (κ3) is 6.75. The van der Waals surface area contributed by atoms with Crippen molar-refractivity contribution in [3.63, 3.8) is 0 Å². The van der Waals surface area contributed by atoms with Gasteiger partial charge in [-0.2, -0.15) is 0 Å². The molecule has 7 nitrogen and oxygen atoms in total. The molecule has 3 heterocycles. The van der Waals surface area contributed by atoms with Gasteiger partial charge in [0.2, 0.25) is 0 Å². The van der Waals surface area contributed by atoms with Gasteiger partial charge in [-0.3, -0.25) is 19.7 Å². The summed E-state index contributed by atoms with van der Waals surface area (Å²) in [5, 5.41) is 14.2. The zero-order chi connectivity index (χ0) is 27.2. The van der Waals surface area contributed by atoms with Crippen molar-refractivity contribution in [1.29, 1.82) is 0 Å². The van der Waals surface area contributed by atoms with Crippen molar-refractivity contribution in [1.82, 2.24) is 24.7 Å². The maximum absolute atomic E-state index is 12.8. The number of aromatic nitrogens is 5. The molecular formula is C28H22Cl2N6OS2. The Morgan fingerprint density at radius 1 is 1.08 bits per heavy atom. The molecule has 0 atom stereocenters. The zero-order valence-corrected chi connectivity index (χ0v) is 23.7. The van der Waals surface area contributed by atoms with Crippen LogP contribution in [0.1, 0.15) is 26.4 Å². The minimum Gasteiger partial charge on any atom is -0.298 e. The number of benzene rings is 2. The number of hydrogen-bond donors (Lipinski definition) is 1. The molecule has 1 amide bonds. The summed E-state index contributed by atoms with van der Waals surface area (Å²) in [4.78, 5) is 22.2. The average molecular weight is 594 g/mol. The van der Waals surface area contributed by atoms with E-state index in [1.165, 1.54) is 11.3 Å². The van der Waals surface area contributed by atoms with Crippen molar-refractivity contribution in [3.05, 3.63) is 117 Å². The number of carbonyl (C=O) groups is 1. The van der Waals surface area contributed by atoms with Gasteiger partial charge in [0, 0.05) is 63.4 Å². The lowest BCUT2D eigenvalue weighted by Gasteiger charge is -2.08. The monoisotopic (exact) mass is 592 g/mol. The number of amides is 1. The van der Waals surface area contributed by atoms with Gasteiger partial charge in [-0.25, -0.2) is 4.98 Å². The first kappa shape index (κ1) is 27.1. The molecule has 0 aliphatic heterocycles. The van der Waals surface area contributed by atoms with Crippen LogP contribution in [0.15, 0.2) is 91.0 Å². The van der Waals surface area contributed by atoms with Crippen molar-refractivity contribution < 1.29 is 4.79 Å². The highest BCUT2D eigenvalue weighted by molar-refractivity contribution is 7.98. The number of nitrogens with zero attached hydrogens (tertiary/aromatic N) is 5. The lowest BCUT2D eigenvalue weighted by Crippen LogP contribution is -2.11. The van der Waals surface area contributed by atoms with Gasteiger partial charge in [-0.15, -0.1) is 28.1 Å². The van der Waals surface area contributed by atoms with Crippen molar-refractivity contribution in [2.75, 3.05) is 5.32 Å². The molecule has 0 saturated heterocycles. The summed E-state index contributed by atoms with van der Waals surface area (Å²) < 4.78 is 2.03. The molecule has 3 aromatic heterocycles. The Balaban J connectivity index is 1.20. The Morgan fingerprint density at radius 3 is 2.64 bits per heavy atom. The van der Waals surface area contributed by atoms with Crippen LogP contribution in [0, 0.1) is 0 Å². The molecule has 0 saturated carbocycles. The molecule has 0 unspecified atom stereocenters. The van der Waals surface area contributed by atoms with E-state index in [1.54, 1.807) is 42.5 Å². The second-order valence-electron chi connectivity index (χ2n) is 8.43. The minimum atomic E-state index is -0.219. The molecule has 196 valence electrons. The Bertz CT molecular complexity index is 1600. The molecule has 1 N–H and O–H groups in total. The van der Waals surface area contributed by atoms with Gasteiger partial charge in [0.15, 0.2) is 16.1 Å². The number of anilines is 1. The molecule has 0 fully saturated rings. The number of carbonyl (C=O) groups excluding carboxylic acids is 1. The van der Waals surface area contributed by atoms with Crippen LogP contribution < -0.4 is 5.32 Å². The van der Waals surface area contributed by atoms with Crippen LogP contribution in [0.25, 0.3) is 11.4 Å². The van der Waals surface area contributed by atoms with E-state index in [2.05, 4.69) is 32.1 Å². The molecule has 5 aromatic rings. The van der Waals surface area contributed by atoms with Gasteiger partial charge in [0.05, 0.1) is 0 Å². The van der Waals surface area contributed by atoms with Gasteiger partial charge < -0.3 is 0 Å². The Kier molecular flexibility index (Phi) is 8.73. The van der Waals surface area contributed by atoms with Crippen molar-refractivity contribution in [2.24, 2.45) is 0 Å². The topological polar surface area (TPSA) is 85.6 Å². The molecule has 0 aliphatic carbocycles. The van der Waals surface area contributed by atoms with Gasteiger partial charge >= 0.3 is 0 Å². The number of halogens is 2. The Hall–Kier alpha value is -3.50. The largest absolute Gasteiger partial charge is 0.298 e. The predicted octanol–water partition coefficient (Wildman–Crippen LogP) is 7.42. The number of allylic oxidation sites excluding steroid dienone is 1. The summed E-state index contributed by atoms with van der Waals surface area (Å²) in [5.41, 5.74) is 3.47. The van der Waals surface area contributed by atoms with Gasteiger partial charge in [-0.05, 0) is 53.6 Å². The number of thioether (sulfide) groups is 1. The summed E-state index contributed by atoms with van der Waals surface area (Å²) in [6.07, 6.45) is 7.62. The van der Waals surface area contributed by atoms with Crippen molar-refractivity contribution in [3.8, 4) is 11.4 Å². The highest BCUT2D eigenvalue weighted by Gasteiger charge is 2.15. The lowest BCUT2D eigenvalue weighted by atomic mass is 10.1. The van der Waals surface area contributed by atoms with Crippen LogP contribution in [0.2, 0.25) is 10.0 Å². The normalized spacial score (nSPS) is 10.9. The van der Waals surface area contributed by atoms with E-state index in [1.807, 2.05) is 53.1 Å². The van der Waals surface area contributed by atoms with E-state index in [0.717, 1.165) is 32.5 Å². The fourth-order valence-corrected chi connectivity index (χ4v) is 5.90. The summed E-state index contributed by atoms with van der Waals surface area (Å²) in [5.74, 6) is 1.23. The van der Waals surface area contributed by atoms with Crippen molar-refractivity contribution in [2.45, 2.75) is 23.9 Å². The molecule has 0 spiro atoms. The van der Waals surface area contributed by atoms with Gasteiger partial charge in [0.1, 0.15) is 0 Å². The highest BCUT2D eigenvalue weighted by atomic mass is 35.5. The summed E-state index contributed by atoms with van der Waals surface area (Å²) in [6, 6.07) is 16.7. The van der Waals surface area contributed by atoms with Crippen LogP contribution >= 0.6 is 46.3 Å². The smallest absolute Gasteiger partial charge is 0.257 e. The number of hydrogen-bond acceptors (Lipinski definition) is 7. The number of pyridine rings is 1. The predicted molar refractivity (Wildman–Crippen MR) is 159 cm³/mol. The van der Waals surface area contributed by atoms with Gasteiger partial charge in [-0.1, -0.05) is 53.2 Å². The maximum Gasteiger partial charge on any atom is 0.257 e. The molecular weight excluding hydrogens is 571 g/mol. The third-order valence-corrected chi connectivity index (χ3v) is 8.25. The highest BCUT2D eigenvalue weighted by Crippen LogP contribution is 2.28. The molecule has 0 radical (unpaired) electrons. The second-order valence-corrected chi connectivity index (χ2v) is 11.3. The number of rotatable bonds is 10. The maximum atomic E-state index is 12.8. The molecule has 0 aliphatic rings. The van der Waals surface area contributed by atoms with E-state index in [-0.39, 0.29) is 5.91 Å². The second kappa shape index (κ2) is 12.6. The Morgan fingerprint density at radius 2 is 1.87 bits per heavy atom. The first-order valence-electron chi connectivity index (χ1n) is 11.9. The molecule has 2 aromatic carbocycles. The fraction of sp³-hybridized carbons (Fsp3) is 0.107. The first-order valence-corrected chi connectivity index (χ1v) is 14.4. The molecule has 0 bridgehead atoms. The van der Waals surface area contributed by atoms with Crippen LogP contribution in [0.4, 0.5) is 5.13 Å². The van der Waals surface area contributed by atoms with Crippen LogP contribution in [-0.4, -0.2) is 30.6 Å². The van der Waals surface area contributed by atoms with E-state index in [9.17, 15) is 4.79 Å². The van der Waals surface area contributed by atoms with Crippen LogP contribution in [0.5, 0.6) is 0 Å². The molecule has 11 heteroatoms. The van der Waals surface area contributed by atoms with E-state index in [4.69, 9.17) is 23.2 Å². The summed E-state index contributed by atoms with van der Waals surface area (Å²) in [6.45, 7) is 4.46. The number of nitrogens with one attached hydrogen (secondary N) is 1. The van der Waals surface area contributed by atoms with E-state index in [0.29, 0.717) is 39.5 Å². The van der Waals surface area contributed by atoms with Gasteiger partial charge in [0.25, 0.3) is 5.91 Å². The van der Waals surface area contributed by atoms with Crippen LogP contribution in [-0.2, 0) is 18.7 Å². The average Bonchev–Trinajstić information content (AvgIpc) is 3.57.